The van der Waals surface area contributed by atoms with Crippen molar-refractivity contribution in [3.05, 3.63) is 33.5 Å². The van der Waals surface area contributed by atoms with Crippen molar-refractivity contribution >= 4 is 27.8 Å². The van der Waals surface area contributed by atoms with E-state index in [-0.39, 0.29) is 29.2 Å². The molecule has 4 N–H and O–H groups in total. The SMILES string of the molecule is CC(C)(F)CN1Cc2c(c(S(=O)(=O)O)cc3c2CCC3NN)C=C1Cl. The molecule has 0 saturated heterocycles. The molecular formula is C16H21ClFN3O3S. The molecule has 138 valence electrons. The lowest BCUT2D eigenvalue weighted by molar-refractivity contribution is 0.148. The highest BCUT2D eigenvalue weighted by atomic mass is 35.5. The van der Waals surface area contributed by atoms with Gasteiger partial charge in [-0.15, -0.1) is 0 Å². The van der Waals surface area contributed by atoms with Gasteiger partial charge in [0.2, 0.25) is 0 Å². The summed E-state index contributed by atoms with van der Waals surface area (Å²) in [5.41, 5.74) is 4.06. The Kier molecular flexibility index (Phi) is 4.62. The molecule has 3 rings (SSSR count). The van der Waals surface area contributed by atoms with E-state index in [1.54, 1.807) is 4.90 Å². The van der Waals surface area contributed by atoms with E-state index in [4.69, 9.17) is 17.4 Å². The lowest BCUT2D eigenvalue weighted by Gasteiger charge is -2.34. The van der Waals surface area contributed by atoms with Crippen LogP contribution in [-0.2, 0) is 23.1 Å². The van der Waals surface area contributed by atoms with Gasteiger partial charge in [-0.2, -0.15) is 8.42 Å². The summed E-state index contributed by atoms with van der Waals surface area (Å²) in [6.07, 6.45) is 2.93. The van der Waals surface area contributed by atoms with E-state index in [0.29, 0.717) is 5.56 Å². The number of benzene rings is 1. The third-order valence-electron chi connectivity index (χ3n) is 4.61. The zero-order valence-electron chi connectivity index (χ0n) is 14.0. The Balaban J connectivity index is 2.19. The monoisotopic (exact) mass is 389 g/mol. The summed E-state index contributed by atoms with van der Waals surface area (Å²) in [4.78, 5) is 1.47. The molecule has 0 fully saturated rings. The number of rotatable bonds is 4. The van der Waals surface area contributed by atoms with Gasteiger partial charge in [0.25, 0.3) is 10.1 Å². The molecule has 1 heterocycles. The molecule has 1 aromatic carbocycles. The normalized spacial score (nSPS) is 20.3. The van der Waals surface area contributed by atoms with Crippen molar-refractivity contribution in [2.24, 2.45) is 5.84 Å². The van der Waals surface area contributed by atoms with Crippen molar-refractivity contribution in [3.8, 4) is 0 Å². The molecule has 1 aromatic rings. The number of hydrogen-bond acceptors (Lipinski definition) is 5. The van der Waals surface area contributed by atoms with E-state index in [9.17, 15) is 17.4 Å². The van der Waals surface area contributed by atoms with Gasteiger partial charge in [0.1, 0.15) is 15.7 Å². The number of alkyl halides is 1. The molecule has 0 spiro atoms. The first-order valence-corrected chi connectivity index (χ1v) is 9.76. The van der Waals surface area contributed by atoms with Crippen molar-refractivity contribution in [2.45, 2.75) is 49.8 Å². The smallest absolute Gasteiger partial charge is 0.295 e. The van der Waals surface area contributed by atoms with Gasteiger partial charge >= 0.3 is 0 Å². The molecule has 6 nitrogen and oxygen atoms in total. The predicted molar refractivity (Wildman–Crippen MR) is 94.1 cm³/mol. The second-order valence-corrected chi connectivity index (χ2v) is 8.89. The minimum absolute atomic E-state index is 0.0746. The quantitative estimate of drug-likeness (QED) is 0.317. The van der Waals surface area contributed by atoms with Crippen molar-refractivity contribution in [1.82, 2.24) is 10.3 Å². The highest BCUT2D eigenvalue weighted by molar-refractivity contribution is 7.86. The maximum Gasteiger partial charge on any atom is 0.295 e. The molecule has 25 heavy (non-hydrogen) atoms. The zero-order chi connectivity index (χ0) is 18.6. The van der Waals surface area contributed by atoms with Gasteiger partial charge in [0.05, 0.1) is 6.54 Å². The summed E-state index contributed by atoms with van der Waals surface area (Å²) in [5.74, 6) is 5.56. The second-order valence-electron chi connectivity index (χ2n) is 7.11. The van der Waals surface area contributed by atoms with Crippen LogP contribution in [0.1, 0.15) is 48.6 Å². The van der Waals surface area contributed by atoms with E-state index >= 15 is 0 Å². The molecule has 0 radical (unpaired) electrons. The molecule has 9 heteroatoms. The number of nitrogens with one attached hydrogen (secondary N) is 1. The van der Waals surface area contributed by atoms with Crippen molar-refractivity contribution in [1.29, 1.82) is 0 Å². The van der Waals surface area contributed by atoms with Crippen molar-refractivity contribution < 1.29 is 17.4 Å². The number of hydrazine groups is 1. The van der Waals surface area contributed by atoms with Crippen molar-refractivity contribution in [2.75, 3.05) is 6.54 Å². The highest BCUT2D eigenvalue weighted by Gasteiger charge is 2.34. The second kappa shape index (κ2) is 6.21. The maximum absolute atomic E-state index is 14.1. The van der Waals surface area contributed by atoms with Gasteiger partial charge in [-0.1, -0.05) is 11.6 Å². The predicted octanol–water partition coefficient (Wildman–Crippen LogP) is 2.48. The first-order chi connectivity index (χ1) is 11.5. The Bertz CT molecular complexity index is 849. The average molecular weight is 390 g/mol. The maximum atomic E-state index is 14.1. The number of nitrogens with zero attached hydrogens (tertiary/aromatic N) is 1. The van der Waals surface area contributed by atoms with E-state index < -0.39 is 15.8 Å². The van der Waals surface area contributed by atoms with Crippen LogP contribution in [0.2, 0.25) is 0 Å². The molecule has 1 unspecified atom stereocenters. The summed E-state index contributed by atoms with van der Waals surface area (Å²) >= 11 is 6.26. The third kappa shape index (κ3) is 3.54. The third-order valence-corrected chi connectivity index (χ3v) is 5.85. The van der Waals surface area contributed by atoms with Crippen LogP contribution in [0, 0.1) is 0 Å². The molecule has 1 atom stereocenters. The first kappa shape index (κ1) is 18.6. The molecule has 0 bridgehead atoms. The Labute approximate surface area is 151 Å². The molecule has 1 aliphatic heterocycles. The Morgan fingerprint density at radius 3 is 2.72 bits per heavy atom. The van der Waals surface area contributed by atoms with Gasteiger partial charge in [-0.3, -0.25) is 15.8 Å². The molecule has 2 aliphatic rings. The summed E-state index contributed by atoms with van der Waals surface area (Å²) in [6, 6.07) is 1.27. The summed E-state index contributed by atoms with van der Waals surface area (Å²) in [7, 11) is -4.44. The summed E-state index contributed by atoms with van der Waals surface area (Å²) < 4.78 is 47.5. The van der Waals surface area contributed by atoms with Crippen LogP contribution < -0.4 is 11.3 Å². The van der Waals surface area contributed by atoms with Gasteiger partial charge < -0.3 is 4.90 Å². The molecule has 0 aromatic heterocycles. The van der Waals surface area contributed by atoms with Crippen LogP contribution in [0.15, 0.2) is 16.1 Å². The summed E-state index contributed by atoms with van der Waals surface area (Å²) in [5, 5.41) is 0.245. The zero-order valence-corrected chi connectivity index (χ0v) is 15.6. The van der Waals surface area contributed by atoms with Crippen LogP contribution in [-0.4, -0.2) is 30.1 Å². The average Bonchev–Trinajstić information content (AvgIpc) is 2.88. The van der Waals surface area contributed by atoms with Crippen LogP contribution in [0.25, 0.3) is 6.08 Å². The van der Waals surface area contributed by atoms with Gasteiger partial charge in [-0.05, 0) is 55.5 Å². The Morgan fingerprint density at radius 2 is 2.16 bits per heavy atom. The van der Waals surface area contributed by atoms with Gasteiger partial charge in [-0.25, -0.2) is 4.39 Å². The number of hydrogen-bond donors (Lipinski definition) is 3. The first-order valence-electron chi connectivity index (χ1n) is 7.94. The lowest BCUT2D eigenvalue weighted by Crippen LogP contribution is -2.35. The van der Waals surface area contributed by atoms with Gasteiger partial charge in [0.15, 0.2) is 0 Å². The fourth-order valence-electron chi connectivity index (χ4n) is 3.63. The molecule has 0 saturated carbocycles. The van der Waals surface area contributed by atoms with Crippen LogP contribution in [0.5, 0.6) is 0 Å². The lowest BCUT2D eigenvalue weighted by atomic mass is 9.94. The van der Waals surface area contributed by atoms with Crippen LogP contribution in [0.4, 0.5) is 4.39 Å². The fraction of sp³-hybridized carbons (Fsp3) is 0.500. The van der Waals surface area contributed by atoms with Crippen LogP contribution in [0.3, 0.4) is 0 Å². The van der Waals surface area contributed by atoms with Gasteiger partial charge in [0, 0.05) is 18.2 Å². The largest absolute Gasteiger partial charge is 0.355 e. The molecular weight excluding hydrogens is 369 g/mol. The highest BCUT2D eigenvalue weighted by Crippen LogP contribution is 2.42. The Morgan fingerprint density at radius 1 is 1.48 bits per heavy atom. The standard InChI is InChI=1S/C16H21ClFN3O3S/c1-16(2,18)8-21-7-12-9-3-4-13(20-19)10(9)5-14(25(22,23)24)11(12)6-15(21)17/h5-6,13,20H,3-4,7-8,19H2,1-2H3,(H,22,23,24). The van der Waals surface area contributed by atoms with E-state index in [1.165, 1.54) is 26.0 Å². The minimum Gasteiger partial charge on any atom is -0.355 e. The van der Waals surface area contributed by atoms with E-state index in [0.717, 1.165) is 29.5 Å². The van der Waals surface area contributed by atoms with E-state index in [2.05, 4.69) is 5.43 Å². The molecule has 0 amide bonds. The topological polar surface area (TPSA) is 95.7 Å². The van der Waals surface area contributed by atoms with E-state index in [1.807, 2.05) is 0 Å². The molecule has 1 aliphatic carbocycles. The number of nitrogens with two attached hydrogens (primary N) is 1. The summed E-state index contributed by atoms with van der Waals surface area (Å²) in [6.45, 7) is 3.27. The Hall–Kier alpha value is -1.19. The minimum atomic E-state index is -4.44. The van der Waals surface area contributed by atoms with Crippen LogP contribution >= 0.6 is 11.6 Å². The number of fused-ring (bicyclic) bond motifs is 3. The fourth-order valence-corrected chi connectivity index (χ4v) is 4.59. The van der Waals surface area contributed by atoms with Crippen molar-refractivity contribution in [3.63, 3.8) is 0 Å². The number of halogens is 2.